The van der Waals surface area contributed by atoms with E-state index in [-0.39, 0.29) is 12.1 Å². The second-order valence-electron chi connectivity index (χ2n) is 4.93. The van der Waals surface area contributed by atoms with Gasteiger partial charge >= 0.3 is 5.69 Å². The van der Waals surface area contributed by atoms with E-state index in [4.69, 9.17) is 4.74 Å². The average Bonchev–Trinajstić information content (AvgIpc) is 2.36. The molecule has 0 aliphatic carbocycles. The Morgan fingerprint density at radius 1 is 1.53 bits per heavy atom. The Labute approximate surface area is 111 Å². The Morgan fingerprint density at radius 3 is 2.95 bits per heavy atom. The van der Waals surface area contributed by atoms with Gasteiger partial charge in [-0.05, 0) is 13.8 Å². The molecule has 1 saturated heterocycles. The van der Waals surface area contributed by atoms with Crippen LogP contribution in [0.4, 0.5) is 10.1 Å². The number of hydrogen-bond acceptors (Lipinski definition) is 4. The predicted octanol–water partition coefficient (Wildman–Crippen LogP) is 2.34. The number of benzene rings is 1. The maximum atomic E-state index is 14.0. The third kappa shape index (κ3) is 3.08. The van der Waals surface area contributed by atoms with E-state index in [1.807, 2.05) is 13.8 Å². The summed E-state index contributed by atoms with van der Waals surface area (Å²) >= 11 is 0. The predicted molar refractivity (Wildman–Crippen MR) is 68.3 cm³/mol. The minimum absolute atomic E-state index is 0.0953. The van der Waals surface area contributed by atoms with Crippen molar-refractivity contribution in [1.29, 1.82) is 0 Å². The van der Waals surface area contributed by atoms with Crippen LogP contribution in [-0.2, 0) is 11.3 Å². The minimum Gasteiger partial charge on any atom is -0.376 e. The molecule has 1 heterocycles. The second-order valence-corrected chi connectivity index (χ2v) is 4.93. The number of halogens is 1. The third-order valence-corrected chi connectivity index (χ3v) is 3.37. The molecule has 1 fully saturated rings. The van der Waals surface area contributed by atoms with Crippen LogP contribution in [-0.4, -0.2) is 35.1 Å². The fourth-order valence-electron chi connectivity index (χ4n) is 2.24. The number of rotatable bonds is 3. The normalized spacial score (nSPS) is 24.4. The van der Waals surface area contributed by atoms with Crippen molar-refractivity contribution >= 4 is 5.69 Å². The van der Waals surface area contributed by atoms with Crippen molar-refractivity contribution < 1.29 is 14.1 Å². The highest BCUT2D eigenvalue weighted by atomic mass is 19.1. The molecule has 2 rings (SSSR count). The van der Waals surface area contributed by atoms with E-state index >= 15 is 0 Å². The van der Waals surface area contributed by atoms with Gasteiger partial charge in [0.05, 0.1) is 17.6 Å². The first-order valence-electron chi connectivity index (χ1n) is 6.26. The van der Waals surface area contributed by atoms with Gasteiger partial charge in [-0.3, -0.25) is 15.0 Å². The molecule has 0 amide bonds. The Hall–Kier alpha value is -1.53. The Balaban J connectivity index is 2.19. The van der Waals surface area contributed by atoms with Crippen molar-refractivity contribution in [3.63, 3.8) is 0 Å². The summed E-state index contributed by atoms with van der Waals surface area (Å²) in [5, 5.41) is 10.7. The quantitative estimate of drug-likeness (QED) is 0.623. The highest BCUT2D eigenvalue weighted by molar-refractivity contribution is 5.36. The van der Waals surface area contributed by atoms with E-state index in [0.717, 1.165) is 0 Å². The molecule has 6 heteroatoms. The molecular formula is C13H17FN2O3. The smallest absolute Gasteiger partial charge is 0.305 e. The van der Waals surface area contributed by atoms with Crippen molar-refractivity contribution in [3.8, 4) is 0 Å². The van der Waals surface area contributed by atoms with Crippen molar-refractivity contribution in [1.82, 2.24) is 4.90 Å². The summed E-state index contributed by atoms with van der Waals surface area (Å²) in [5.74, 6) is -0.737. The standard InChI is InChI=1S/C13H17FN2O3/c1-9-8-19-10(2)6-15(9)7-11-4-3-5-12(13(11)14)16(17)18/h3-5,9-10H,6-8H2,1-2H3. The zero-order valence-corrected chi connectivity index (χ0v) is 11.0. The fraction of sp³-hybridized carbons (Fsp3) is 0.538. The van der Waals surface area contributed by atoms with Crippen molar-refractivity contribution in [2.75, 3.05) is 13.2 Å². The lowest BCUT2D eigenvalue weighted by Crippen LogP contribution is -2.46. The van der Waals surface area contributed by atoms with Gasteiger partial charge in [0, 0.05) is 30.8 Å². The molecule has 0 radical (unpaired) electrons. The minimum atomic E-state index is -0.737. The van der Waals surface area contributed by atoms with E-state index < -0.39 is 16.4 Å². The average molecular weight is 268 g/mol. The van der Waals surface area contributed by atoms with Gasteiger partial charge in [-0.2, -0.15) is 4.39 Å². The Morgan fingerprint density at radius 2 is 2.26 bits per heavy atom. The summed E-state index contributed by atoms with van der Waals surface area (Å²) < 4.78 is 19.5. The largest absolute Gasteiger partial charge is 0.376 e. The van der Waals surface area contributed by atoms with E-state index in [0.29, 0.717) is 25.3 Å². The topological polar surface area (TPSA) is 55.6 Å². The Bertz CT molecular complexity index is 481. The van der Waals surface area contributed by atoms with Crippen molar-refractivity contribution in [2.24, 2.45) is 0 Å². The van der Waals surface area contributed by atoms with Crippen LogP contribution in [0.1, 0.15) is 19.4 Å². The molecule has 0 saturated carbocycles. The van der Waals surface area contributed by atoms with Crippen LogP contribution in [0, 0.1) is 15.9 Å². The van der Waals surface area contributed by atoms with Gasteiger partial charge in [0.15, 0.2) is 0 Å². The van der Waals surface area contributed by atoms with Gasteiger partial charge in [-0.1, -0.05) is 12.1 Å². The molecule has 2 unspecified atom stereocenters. The summed E-state index contributed by atoms with van der Waals surface area (Å²) in [6.07, 6.45) is 0.0953. The van der Waals surface area contributed by atoms with E-state index in [9.17, 15) is 14.5 Å². The molecule has 5 nitrogen and oxygen atoms in total. The molecule has 0 aromatic heterocycles. The molecule has 104 valence electrons. The molecule has 1 aromatic carbocycles. The number of nitro benzene ring substituents is 1. The van der Waals surface area contributed by atoms with Crippen molar-refractivity contribution in [3.05, 3.63) is 39.7 Å². The van der Waals surface area contributed by atoms with E-state index in [2.05, 4.69) is 4.90 Å². The number of hydrogen-bond donors (Lipinski definition) is 0. The van der Waals surface area contributed by atoms with Crippen LogP contribution < -0.4 is 0 Å². The molecular weight excluding hydrogens is 251 g/mol. The number of nitro groups is 1. The molecule has 1 aromatic rings. The van der Waals surface area contributed by atoms with E-state index in [1.165, 1.54) is 12.1 Å². The van der Waals surface area contributed by atoms with Crippen LogP contribution in [0.25, 0.3) is 0 Å². The van der Waals surface area contributed by atoms with Gasteiger partial charge < -0.3 is 4.74 Å². The van der Waals surface area contributed by atoms with Gasteiger partial charge in [-0.25, -0.2) is 0 Å². The summed E-state index contributed by atoms with van der Waals surface area (Å²) in [5.41, 5.74) is -0.110. The molecule has 2 atom stereocenters. The van der Waals surface area contributed by atoms with Crippen molar-refractivity contribution in [2.45, 2.75) is 32.5 Å². The van der Waals surface area contributed by atoms with Gasteiger partial charge in [0.2, 0.25) is 5.82 Å². The van der Waals surface area contributed by atoms with Crippen LogP contribution in [0.2, 0.25) is 0 Å². The van der Waals surface area contributed by atoms with Crippen LogP contribution in [0.5, 0.6) is 0 Å². The van der Waals surface area contributed by atoms with Crippen LogP contribution in [0.3, 0.4) is 0 Å². The van der Waals surface area contributed by atoms with E-state index in [1.54, 1.807) is 6.07 Å². The SMILES string of the molecule is CC1CN(Cc2cccc([N+](=O)[O-])c2F)C(C)CO1. The van der Waals surface area contributed by atoms with Gasteiger partial charge in [-0.15, -0.1) is 0 Å². The summed E-state index contributed by atoms with van der Waals surface area (Å²) in [4.78, 5) is 12.1. The number of ether oxygens (including phenoxy) is 1. The first-order valence-corrected chi connectivity index (χ1v) is 6.26. The maximum Gasteiger partial charge on any atom is 0.305 e. The molecule has 0 N–H and O–H groups in total. The lowest BCUT2D eigenvalue weighted by molar-refractivity contribution is -0.387. The number of nitrogens with zero attached hydrogens (tertiary/aromatic N) is 2. The zero-order chi connectivity index (χ0) is 14.0. The summed E-state index contributed by atoms with van der Waals surface area (Å²) in [6, 6.07) is 4.47. The van der Waals surface area contributed by atoms with Crippen LogP contribution >= 0.6 is 0 Å². The molecule has 19 heavy (non-hydrogen) atoms. The Kier molecular flexibility index (Phi) is 4.11. The maximum absolute atomic E-state index is 14.0. The third-order valence-electron chi connectivity index (χ3n) is 3.37. The second kappa shape index (κ2) is 5.63. The van der Waals surface area contributed by atoms with Gasteiger partial charge in [0.25, 0.3) is 0 Å². The summed E-state index contributed by atoms with van der Waals surface area (Å²) in [7, 11) is 0. The first-order chi connectivity index (χ1) is 8.99. The highest BCUT2D eigenvalue weighted by Gasteiger charge is 2.26. The lowest BCUT2D eigenvalue weighted by Gasteiger charge is -2.36. The number of morpholine rings is 1. The zero-order valence-electron chi connectivity index (χ0n) is 11.0. The molecule has 0 spiro atoms. The monoisotopic (exact) mass is 268 g/mol. The van der Waals surface area contributed by atoms with Gasteiger partial charge in [0.1, 0.15) is 0 Å². The first kappa shape index (κ1) is 13.9. The van der Waals surface area contributed by atoms with Crippen LogP contribution in [0.15, 0.2) is 18.2 Å². The summed E-state index contributed by atoms with van der Waals surface area (Å²) in [6.45, 7) is 5.62. The fourth-order valence-corrected chi connectivity index (χ4v) is 2.24. The molecule has 1 aliphatic heterocycles. The lowest BCUT2D eigenvalue weighted by atomic mass is 10.1. The molecule has 0 bridgehead atoms. The molecule has 1 aliphatic rings. The highest BCUT2D eigenvalue weighted by Crippen LogP contribution is 2.23.